The van der Waals surface area contributed by atoms with E-state index in [1.807, 2.05) is 17.7 Å². The topological polar surface area (TPSA) is 68.6 Å². The van der Waals surface area contributed by atoms with E-state index < -0.39 is 0 Å². The van der Waals surface area contributed by atoms with E-state index in [0.717, 1.165) is 71.1 Å². The van der Waals surface area contributed by atoms with Gasteiger partial charge in [0.15, 0.2) is 0 Å². The first kappa shape index (κ1) is 18.4. The summed E-state index contributed by atoms with van der Waals surface area (Å²) in [5.74, 6) is 0.0998. The predicted octanol–water partition coefficient (Wildman–Crippen LogP) is 0.827. The molecule has 2 saturated heterocycles. The summed E-state index contributed by atoms with van der Waals surface area (Å²) in [6, 6.07) is 1.96. The average molecular weight is 350 g/mol. The Morgan fingerprint density at radius 3 is 2.64 bits per heavy atom. The molecular weight excluding hydrogens is 320 g/mol. The molecule has 1 aromatic heterocycles. The van der Waals surface area contributed by atoms with Crippen LogP contribution in [-0.4, -0.2) is 73.2 Å². The zero-order chi connectivity index (χ0) is 17.5. The van der Waals surface area contributed by atoms with Gasteiger partial charge in [0.1, 0.15) is 0 Å². The molecule has 25 heavy (non-hydrogen) atoms. The standard InChI is InChI=1S/C18H30N4O3/c1-16-2-6-20-22(16)7-3-17(23)19-14-18(4-10-24-11-5-18)15-21-8-12-25-13-9-21/h2,6H,3-5,7-15H2,1H3,(H,19,23). The molecule has 2 aliphatic heterocycles. The van der Waals surface area contributed by atoms with Gasteiger partial charge in [-0.15, -0.1) is 0 Å². The highest BCUT2D eigenvalue weighted by Crippen LogP contribution is 2.31. The SMILES string of the molecule is Cc1ccnn1CCC(=O)NCC1(CN2CCOCC2)CCOCC1. The molecular formula is C18H30N4O3. The molecule has 0 spiro atoms. The molecule has 0 unspecified atom stereocenters. The number of ether oxygens (including phenoxy) is 2. The molecule has 3 rings (SSSR count). The molecule has 140 valence electrons. The monoisotopic (exact) mass is 350 g/mol. The van der Waals surface area contributed by atoms with Gasteiger partial charge in [0.25, 0.3) is 0 Å². The Hall–Kier alpha value is -1.44. The maximum atomic E-state index is 12.3. The van der Waals surface area contributed by atoms with Gasteiger partial charge in [-0.1, -0.05) is 0 Å². The number of aromatic nitrogens is 2. The normalized spacial score (nSPS) is 21.2. The number of nitrogens with one attached hydrogen (secondary N) is 1. The Morgan fingerprint density at radius 2 is 1.96 bits per heavy atom. The van der Waals surface area contributed by atoms with Gasteiger partial charge >= 0.3 is 0 Å². The molecule has 0 atom stereocenters. The van der Waals surface area contributed by atoms with Crippen molar-refractivity contribution in [3.05, 3.63) is 18.0 Å². The minimum atomic E-state index is 0.0998. The molecule has 0 radical (unpaired) electrons. The molecule has 0 aromatic carbocycles. The summed E-state index contributed by atoms with van der Waals surface area (Å²) < 4.78 is 12.9. The molecule has 0 aliphatic carbocycles. The van der Waals surface area contributed by atoms with E-state index in [2.05, 4.69) is 15.3 Å². The maximum Gasteiger partial charge on any atom is 0.221 e. The molecule has 7 nitrogen and oxygen atoms in total. The number of morpholine rings is 1. The van der Waals surface area contributed by atoms with Crippen LogP contribution in [0.4, 0.5) is 0 Å². The minimum absolute atomic E-state index is 0.0998. The summed E-state index contributed by atoms with van der Waals surface area (Å²) >= 11 is 0. The fourth-order valence-electron chi connectivity index (χ4n) is 3.64. The number of rotatable bonds is 7. The number of carbonyl (C=O) groups is 1. The summed E-state index contributed by atoms with van der Waals surface area (Å²) in [6.07, 6.45) is 4.24. The van der Waals surface area contributed by atoms with Crippen molar-refractivity contribution in [2.75, 3.05) is 52.6 Å². The fraction of sp³-hybridized carbons (Fsp3) is 0.778. The lowest BCUT2D eigenvalue weighted by Crippen LogP contribution is -2.50. The van der Waals surface area contributed by atoms with Crippen LogP contribution in [-0.2, 0) is 20.8 Å². The van der Waals surface area contributed by atoms with Gasteiger partial charge in [0, 0.05) is 69.7 Å². The third-order valence-electron chi connectivity index (χ3n) is 5.36. The van der Waals surface area contributed by atoms with E-state index in [1.165, 1.54) is 0 Å². The van der Waals surface area contributed by atoms with Crippen molar-refractivity contribution in [1.82, 2.24) is 20.0 Å². The second kappa shape index (κ2) is 8.78. The Kier molecular flexibility index (Phi) is 6.45. The van der Waals surface area contributed by atoms with E-state index in [4.69, 9.17) is 9.47 Å². The molecule has 1 amide bonds. The van der Waals surface area contributed by atoms with Gasteiger partial charge in [-0.05, 0) is 25.8 Å². The summed E-state index contributed by atoms with van der Waals surface area (Å²) in [5, 5.41) is 7.40. The number of carbonyl (C=O) groups excluding carboxylic acids is 1. The minimum Gasteiger partial charge on any atom is -0.381 e. The van der Waals surface area contributed by atoms with Crippen molar-refractivity contribution in [3.8, 4) is 0 Å². The third kappa shape index (κ3) is 5.26. The van der Waals surface area contributed by atoms with Crippen LogP contribution in [0.25, 0.3) is 0 Å². The fourth-order valence-corrected chi connectivity index (χ4v) is 3.64. The van der Waals surface area contributed by atoms with Gasteiger partial charge in [0.2, 0.25) is 5.91 Å². The van der Waals surface area contributed by atoms with Crippen LogP contribution in [0.1, 0.15) is 25.0 Å². The van der Waals surface area contributed by atoms with Crippen LogP contribution in [0, 0.1) is 12.3 Å². The van der Waals surface area contributed by atoms with Gasteiger partial charge < -0.3 is 14.8 Å². The average Bonchev–Trinajstić information content (AvgIpc) is 3.05. The molecule has 2 fully saturated rings. The van der Waals surface area contributed by atoms with Crippen molar-refractivity contribution in [2.24, 2.45) is 5.41 Å². The molecule has 7 heteroatoms. The zero-order valence-corrected chi connectivity index (χ0v) is 15.2. The molecule has 3 heterocycles. The second-order valence-corrected chi connectivity index (χ2v) is 7.22. The summed E-state index contributed by atoms with van der Waals surface area (Å²) in [4.78, 5) is 14.8. The Balaban J connectivity index is 1.49. The van der Waals surface area contributed by atoms with E-state index in [9.17, 15) is 4.79 Å². The van der Waals surface area contributed by atoms with Crippen LogP contribution >= 0.6 is 0 Å². The van der Waals surface area contributed by atoms with Gasteiger partial charge in [-0.2, -0.15) is 5.10 Å². The molecule has 1 N–H and O–H groups in total. The Labute approximate surface area is 149 Å². The number of hydrogen-bond donors (Lipinski definition) is 1. The van der Waals surface area contributed by atoms with E-state index in [0.29, 0.717) is 13.0 Å². The predicted molar refractivity (Wildman–Crippen MR) is 94.3 cm³/mol. The molecule has 0 bridgehead atoms. The lowest BCUT2D eigenvalue weighted by molar-refractivity contribution is -0.122. The third-order valence-corrected chi connectivity index (χ3v) is 5.36. The Morgan fingerprint density at radius 1 is 1.24 bits per heavy atom. The van der Waals surface area contributed by atoms with Crippen LogP contribution in [0.15, 0.2) is 12.3 Å². The largest absolute Gasteiger partial charge is 0.381 e. The zero-order valence-electron chi connectivity index (χ0n) is 15.2. The quantitative estimate of drug-likeness (QED) is 0.789. The van der Waals surface area contributed by atoms with Crippen LogP contribution in [0.2, 0.25) is 0 Å². The highest BCUT2D eigenvalue weighted by atomic mass is 16.5. The summed E-state index contributed by atoms with van der Waals surface area (Å²) in [7, 11) is 0. The van der Waals surface area contributed by atoms with Gasteiger partial charge in [0.05, 0.1) is 13.2 Å². The van der Waals surface area contributed by atoms with Crippen molar-refractivity contribution in [3.63, 3.8) is 0 Å². The van der Waals surface area contributed by atoms with Crippen molar-refractivity contribution >= 4 is 5.91 Å². The van der Waals surface area contributed by atoms with Gasteiger partial charge in [-0.25, -0.2) is 0 Å². The summed E-state index contributed by atoms with van der Waals surface area (Å²) in [6.45, 7) is 9.52. The van der Waals surface area contributed by atoms with E-state index in [1.54, 1.807) is 6.20 Å². The number of hydrogen-bond acceptors (Lipinski definition) is 5. The number of aryl methyl sites for hydroxylation is 2. The second-order valence-electron chi connectivity index (χ2n) is 7.22. The molecule has 0 saturated carbocycles. The van der Waals surface area contributed by atoms with Crippen LogP contribution in [0.3, 0.4) is 0 Å². The highest BCUT2D eigenvalue weighted by molar-refractivity contribution is 5.75. The van der Waals surface area contributed by atoms with Crippen molar-refractivity contribution < 1.29 is 14.3 Å². The number of amides is 1. The van der Waals surface area contributed by atoms with Crippen LogP contribution in [0.5, 0.6) is 0 Å². The van der Waals surface area contributed by atoms with Crippen molar-refractivity contribution in [2.45, 2.75) is 32.7 Å². The van der Waals surface area contributed by atoms with Crippen LogP contribution < -0.4 is 5.32 Å². The lowest BCUT2D eigenvalue weighted by Gasteiger charge is -2.42. The molecule has 1 aromatic rings. The van der Waals surface area contributed by atoms with Crippen molar-refractivity contribution in [1.29, 1.82) is 0 Å². The molecule has 2 aliphatic rings. The van der Waals surface area contributed by atoms with E-state index in [-0.39, 0.29) is 11.3 Å². The Bertz CT molecular complexity index is 548. The number of nitrogens with zero attached hydrogens (tertiary/aromatic N) is 3. The smallest absolute Gasteiger partial charge is 0.221 e. The maximum absolute atomic E-state index is 12.3. The first-order chi connectivity index (χ1) is 12.2. The first-order valence-electron chi connectivity index (χ1n) is 9.30. The lowest BCUT2D eigenvalue weighted by atomic mass is 9.79. The highest BCUT2D eigenvalue weighted by Gasteiger charge is 2.35. The first-order valence-corrected chi connectivity index (χ1v) is 9.30. The van der Waals surface area contributed by atoms with Gasteiger partial charge in [-0.3, -0.25) is 14.4 Å². The summed E-state index contributed by atoms with van der Waals surface area (Å²) in [5.41, 5.74) is 1.20. The van der Waals surface area contributed by atoms with E-state index >= 15 is 0 Å².